The molecule has 0 spiro atoms. The third-order valence-corrected chi connectivity index (χ3v) is 7.81. The smallest absolute Gasteiger partial charge is 0.477 e. The molecule has 3 unspecified atom stereocenters. The topological polar surface area (TPSA) is 108 Å². The second-order valence-electron chi connectivity index (χ2n) is 9.70. The highest BCUT2D eigenvalue weighted by atomic mass is 31.1. The first-order chi connectivity index (χ1) is 19.1. The van der Waals surface area contributed by atoms with Crippen molar-refractivity contribution in [2.75, 3.05) is 0 Å². The molecule has 8 heteroatoms. The van der Waals surface area contributed by atoms with Crippen molar-refractivity contribution in [1.82, 2.24) is 4.98 Å². The van der Waals surface area contributed by atoms with Gasteiger partial charge in [0.1, 0.15) is 5.82 Å². The summed E-state index contributed by atoms with van der Waals surface area (Å²) >= 11 is 0. The van der Waals surface area contributed by atoms with Crippen LogP contribution in [-0.2, 0) is 21.4 Å². The average Bonchev–Trinajstić information content (AvgIpc) is 2.94. The molecule has 0 radical (unpaired) electrons. The molecule has 1 aromatic heterocycles. The Bertz CT molecular complexity index is 1570. The van der Waals surface area contributed by atoms with Crippen molar-refractivity contribution in [3.05, 3.63) is 114 Å². The molecule has 0 fully saturated rings. The summed E-state index contributed by atoms with van der Waals surface area (Å²) in [7, 11) is -3.63. The number of hydrogen-bond donors (Lipinski definition) is 3. The number of carbonyl (C=O) groups is 1. The van der Waals surface area contributed by atoms with Gasteiger partial charge < -0.3 is 10.2 Å². The average molecular weight is 557 g/mol. The fourth-order valence-electron chi connectivity index (χ4n) is 4.53. The first-order valence-electron chi connectivity index (χ1n) is 12.6. The summed E-state index contributed by atoms with van der Waals surface area (Å²) in [6, 6.07) is 26.8. The molecule has 202 valence electrons. The lowest BCUT2D eigenvalue weighted by Gasteiger charge is -2.33. The Labute approximate surface area is 233 Å². The van der Waals surface area contributed by atoms with Crippen molar-refractivity contribution in [1.29, 1.82) is 0 Å². The first-order valence-corrected chi connectivity index (χ1v) is 13.8. The maximum absolute atomic E-state index is 13.7. The summed E-state index contributed by atoms with van der Waals surface area (Å²) in [4.78, 5) is 28.2. The van der Waals surface area contributed by atoms with Gasteiger partial charge in [0.25, 0.3) is 0 Å². The van der Waals surface area contributed by atoms with Crippen LogP contribution in [0.15, 0.2) is 97.1 Å². The standard InChI is InChI=1S/C32H27FNO5P/c1-22(2)19-20-32(30(35)36,40(38)39)31(37,21-23-13-15-26(33)16-14-23)28-18-17-27(24-9-5-3-6-10-24)29(34-28)25-11-7-4-8-12-25/h3-18,22,37H,21H2,1-2H3,(H-,35,36,38,39)/p+1. The molecule has 3 N–H and O–H groups in total. The number of benzene rings is 3. The summed E-state index contributed by atoms with van der Waals surface area (Å²) < 4.78 is 26.7. The van der Waals surface area contributed by atoms with E-state index in [-0.39, 0.29) is 11.6 Å². The van der Waals surface area contributed by atoms with Crippen molar-refractivity contribution in [2.24, 2.45) is 5.92 Å². The Morgan fingerprint density at radius 1 is 0.925 bits per heavy atom. The highest BCUT2D eigenvalue weighted by molar-refractivity contribution is 7.42. The molecule has 40 heavy (non-hydrogen) atoms. The second-order valence-corrected chi connectivity index (χ2v) is 10.9. The minimum Gasteiger partial charge on any atom is -0.477 e. The van der Waals surface area contributed by atoms with Gasteiger partial charge in [-0.05, 0) is 39.8 Å². The quantitative estimate of drug-likeness (QED) is 0.176. The highest BCUT2D eigenvalue weighted by Crippen LogP contribution is 2.51. The van der Waals surface area contributed by atoms with E-state index in [0.29, 0.717) is 22.4 Å². The molecule has 3 atom stereocenters. The van der Waals surface area contributed by atoms with E-state index in [1.807, 2.05) is 60.7 Å². The van der Waals surface area contributed by atoms with Crippen LogP contribution in [0.25, 0.3) is 22.4 Å². The highest BCUT2D eigenvalue weighted by Gasteiger charge is 2.72. The summed E-state index contributed by atoms with van der Waals surface area (Å²) in [5.41, 5.74) is 0.240. The minimum atomic E-state index is -3.63. The zero-order valence-corrected chi connectivity index (χ0v) is 22.8. The summed E-state index contributed by atoms with van der Waals surface area (Å²) in [5, 5.41) is 20.0. The molecule has 0 aliphatic heterocycles. The van der Waals surface area contributed by atoms with E-state index in [9.17, 15) is 28.9 Å². The molecule has 4 rings (SSSR count). The number of aliphatic carboxylic acids is 1. The number of carboxylic acids is 1. The fourth-order valence-corrected chi connectivity index (χ4v) is 5.36. The van der Waals surface area contributed by atoms with E-state index in [1.54, 1.807) is 19.9 Å². The van der Waals surface area contributed by atoms with E-state index in [0.717, 1.165) is 17.7 Å². The van der Waals surface area contributed by atoms with Gasteiger partial charge in [0.05, 0.1) is 11.4 Å². The van der Waals surface area contributed by atoms with Crippen LogP contribution in [0.2, 0.25) is 0 Å². The zero-order valence-electron chi connectivity index (χ0n) is 22.0. The van der Waals surface area contributed by atoms with Crippen LogP contribution >= 0.6 is 8.03 Å². The van der Waals surface area contributed by atoms with Crippen molar-refractivity contribution in [3.63, 3.8) is 0 Å². The van der Waals surface area contributed by atoms with Gasteiger partial charge >= 0.3 is 19.2 Å². The molecule has 0 saturated heterocycles. The number of aromatic nitrogens is 1. The number of halogens is 1. The lowest BCUT2D eigenvalue weighted by atomic mass is 9.77. The van der Waals surface area contributed by atoms with Gasteiger partial charge in [-0.25, -0.2) is 14.2 Å². The van der Waals surface area contributed by atoms with E-state index in [1.165, 1.54) is 18.2 Å². The Kier molecular flexibility index (Phi) is 8.56. The molecule has 0 amide bonds. The van der Waals surface area contributed by atoms with Gasteiger partial charge in [0.2, 0.25) is 0 Å². The zero-order chi connectivity index (χ0) is 28.9. The fraction of sp³-hybridized carbons (Fsp3) is 0.188. The molecule has 6 nitrogen and oxygen atoms in total. The number of hydrogen-bond acceptors (Lipinski definition) is 4. The number of pyridine rings is 1. The van der Waals surface area contributed by atoms with Crippen LogP contribution in [0, 0.1) is 23.6 Å². The third-order valence-electron chi connectivity index (χ3n) is 6.56. The van der Waals surface area contributed by atoms with Gasteiger partial charge in [0.15, 0.2) is 5.60 Å². The second kappa shape index (κ2) is 11.9. The van der Waals surface area contributed by atoms with Gasteiger partial charge in [0, 0.05) is 23.5 Å². The molecule has 3 aromatic carbocycles. The maximum atomic E-state index is 13.7. The summed E-state index contributed by atoms with van der Waals surface area (Å²) in [5.74, 6) is 2.48. The molecule has 4 aromatic rings. The summed E-state index contributed by atoms with van der Waals surface area (Å²) in [6.45, 7) is 3.40. The summed E-state index contributed by atoms with van der Waals surface area (Å²) in [6.07, 6.45) is -0.472. The molecular weight excluding hydrogens is 528 g/mol. The van der Waals surface area contributed by atoms with Crippen molar-refractivity contribution < 1.29 is 28.9 Å². The SMILES string of the molecule is CC(C)C#CC(C(=O)O)([P+](=O)O)C(O)(Cc1ccc(F)cc1)c1ccc(-c2ccccc2)c(-c2ccccc2)n1. The number of rotatable bonds is 8. The number of nitrogens with zero attached hydrogens (tertiary/aromatic N) is 1. The Morgan fingerprint density at radius 3 is 2.02 bits per heavy atom. The number of carboxylic acid groups (broad SMARTS) is 1. The van der Waals surface area contributed by atoms with Crippen LogP contribution in [0.3, 0.4) is 0 Å². The molecule has 0 saturated carbocycles. The Hall–Kier alpha value is -4.21. The van der Waals surface area contributed by atoms with Crippen LogP contribution in [0.5, 0.6) is 0 Å². The lowest BCUT2D eigenvalue weighted by Crippen LogP contribution is -2.56. The van der Waals surface area contributed by atoms with Crippen LogP contribution < -0.4 is 0 Å². The van der Waals surface area contributed by atoms with E-state index in [2.05, 4.69) is 11.8 Å². The van der Waals surface area contributed by atoms with Crippen LogP contribution in [-0.4, -0.2) is 31.2 Å². The molecular formula is C32H28FNO5P+. The first kappa shape index (κ1) is 28.8. The van der Waals surface area contributed by atoms with Crippen molar-refractivity contribution >= 4 is 14.0 Å². The monoisotopic (exact) mass is 556 g/mol. The van der Waals surface area contributed by atoms with Gasteiger partial charge in [-0.15, -0.1) is 0 Å². The third kappa shape index (κ3) is 5.57. The van der Waals surface area contributed by atoms with Crippen LogP contribution in [0.4, 0.5) is 4.39 Å². The van der Waals surface area contributed by atoms with Gasteiger partial charge in [-0.1, -0.05) is 98.6 Å². The van der Waals surface area contributed by atoms with E-state index < -0.39 is 37.0 Å². The van der Waals surface area contributed by atoms with Gasteiger partial charge in [-0.2, -0.15) is 4.89 Å². The molecule has 0 aliphatic carbocycles. The minimum absolute atomic E-state index is 0.159. The van der Waals surface area contributed by atoms with Crippen molar-refractivity contribution in [2.45, 2.75) is 31.0 Å². The normalized spacial score (nSPS) is 14.4. The molecule has 0 aliphatic rings. The van der Waals surface area contributed by atoms with Crippen LogP contribution in [0.1, 0.15) is 25.1 Å². The van der Waals surface area contributed by atoms with E-state index in [4.69, 9.17) is 4.98 Å². The Morgan fingerprint density at radius 2 is 1.50 bits per heavy atom. The molecule has 0 bridgehead atoms. The Balaban J connectivity index is 2.06. The van der Waals surface area contributed by atoms with E-state index >= 15 is 0 Å². The number of aliphatic hydroxyl groups is 1. The van der Waals surface area contributed by atoms with Crippen molar-refractivity contribution in [3.8, 4) is 34.2 Å². The largest absolute Gasteiger partial charge is 0.541 e. The molecule has 1 heterocycles. The van der Waals surface area contributed by atoms with Gasteiger partial charge in [-0.3, -0.25) is 0 Å². The predicted octanol–water partition coefficient (Wildman–Crippen LogP) is 6.20. The predicted molar refractivity (Wildman–Crippen MR) is 152 cm³/mol. The lowest BCUT2D eigenvalue weighted by molar-refractivity contribution is -0.146. The maximum Gasteiger partial charge on any atom is 0.541 e.